The molecular weight excluding hydrogens is 352 g/mol. The minimum absolute atomic E-state index is 0.0920. The van der Waals surface area contributed by atoms with Crippen molar-refractivity contribution < 1.29 is 19.1 Å². The lowest BCUT2D eigenvalue weighted by Gasteiger charge is -2.16. The fourth-order valence-electron chi connectivity index (χ4n) is 2.17. The maximum Gasteiger partial charge on any atom is 0.266 e. The lowest BCUT2D eigenvalue weighted by atomic mass is 9.96. The maximum absolute atomic E-state index is 12.6. The number of nitrogens with one attached hydrogen (secondary N) is 2. The largest absolute Gasteiger partial charge is 0.493 e. The molecule has 0 atom stereocenters. The molecule has 0 saturated carbocycles. The van der Waals surface area contributed by atoms with Gasteiger partial charge in [-0.2, -0.15) is 0 Å². The first-order valence-corrected chi connectivity index (χ1v) is 8.92. The van der Waals surface area contributed by atoms with E-state index in [1.165, 1.54) is 18.4 Å². The number of benzene rings is 1. The number of anilines is 2. The van der Waals surface area contributed by atoms with E-state index in [1.54, 1.807) is 31.4 Å². The van der Waals surface area contributed by atoms with E-state index in [1.807, 2.05) is 27.7 Å². The molecule has 140 valence electrons. The van der Waals surface area contributed by atoms with E-state index in [0.717, 1.165) is 5.56 Å². The molecule has 0 fully saturated rings. The molecule has 2 amide bonds. The van der Waals surface area contributed by atoms with E-state index in [2.05, 4.69) is 10.6 Å². The predicted octanol–water partition coefficient (Wildman–Crippen LogP) is 4.31. The van der Waals surface area contributed by atoms with E-state index in [-0.39, 0.29) is 11.8 Å². The minimum Gasteiger partial charge on any atom is -0.493 e. The Hall–Kier alpha value is -2.54. The zero-order chi connectivity index (χ0) is 19.5. The lowest BCUT2D eigenvalue weighted by molar-refractivity contribution is -0.123. The van der Waals surface area contributed by atoms with Gasteiger partial charge in [0.05, 0.1) is 24.1 Å². The highest BCUT2D eigenvalue weighted by Gasteiger charge is 2.23. The van der Waals surface area contributed by atoms with Gasteiger partial charge in [0.1, 0.15) is 0 Å². The van der Waals surface area contributed by atoms with Crippen LogP contribution in [0.2, 0.25) is 0 Å². The first-order chi connectivity index (χ1) is 12.2. The first-order valence-electron chi connectivity index (χ1n) is 8.11. The normalized spacial score (nSPS) is 11.0. The third-order valence-electron chi connectivity index (χ3n) is 3.68. The summed E-state index contributed by atoms with van der Waals surface area (Å²) in [5.74, 6) is 0.790. The molecule has 0 aliphatic carbocycles. The van der Waals surface area contributed by atoms with E-state index < -0.39 is 5.41 Å². The SMILES string of the molecule is COc1ccc(NC(=O)c2sc(NC(=O)C(C)(C)C)cc2C)cc1OC. The summed E-state index contributed by atoms with van der Waals surface area (Å²) in [6.07, 6.45) is 0. The van der Waals surface area contributed by atoms with E-state index >= 15 is 0 Å². The van der Waals surface area contributed by atoms with Gasteiger partial charge in [0.2, 0.25) is 5.91 Å². The van der Waals surface area contributed by atoms with Gasteiger partial charge in [-0.15, -0.1) is 11.3 Å². The molecule has 1 heterocycles. The van der Waals surface area contributed by atoms with Crippen LogP contribution >= 0.6 is 11.3 Å². The highest BCUT2D eigenvalue weighted by Crippen LogP contribution is 2.32. The number of amides is 2. The number of hydrogen-bond acceptors (Lipinski definition) is 5. The molecule has 2 rings (SSSR count). The summed E-state index contributed by atoms with van der Waals surface area (Å²) in [6.45, 7) is 7.36. The van der Waals surface area contributed by atoms with E-state index in [9.17, 15) is 9.59 Å². The van der Waals surface area contributed by atoms with Crippen LogP contribution in [0.4, 0.5) is 10.7 Å². The number of thiophene rings is 1. The smallest absolute Gasteiger partial charge is 0.266 e. The molecule has 0 radical (unpaired) electrons. The van der Waals surface area contributed by atoms with Crippen LogP contribution in [0.5, 0.6) is 11.5 Å². The molecule has 1 aromatic heterocycles. The fraction of sp³-hybridized carbons (Fsp3) is 0.368. The van der Waals surface area contributed by atoms with Crippen LogP contribution < -0.4 is 20.1 Å². The molecule has 0 spiro atoms. The fourth-order valence-corrected chi connectivity index (χ4v) is 3.13. The van der Waals surface area contributed by atoms with Crippen molar-refractivity contribution in [2.45, 2.75) is 27.7 Å². The monoisotopic (exact) mass is 376 g/mol. The van der Waals surface area contributed by atoms with Gasteiger partial charge >= 0.3 is 0 Å². The molecule has 7 heteroatoms. The Morgan fingerprint density at radius 2 is 1.65 bits per heavy atom. The van der Waals surface area contributed by atoms with Crippen LogP contribution in [0.3, 0.4) is 0 Å². The highest BCUT2D eigenvalue weighted by molar-refractivity contribution is 7.18. The Morgan fingerprint density at radius 1 is 1.00 bits per heavy atom. The molecule has 26 heavy (non-hydrogen) atoms. The first kappa shape index (κ1) is 19.8. The standard InChI is InChI=1S/C19H24N2O4S/c1-11-9-15(21-18(23)19(2,3)4)26-16(11)17(22)20-12-7-8-13(24-5)14(10-12)25-6/h7-10H,1-6H3,(H,20,22)(H,21,23). The Balaban J connectivity index is 2.16. The Morgan fingerprint density at radius 3 is 2.23 bits per heavy atom. The van der Waals surface area contributed by atoms with Gasteiger partial charge in [-0.3, -0.25) is 9.59 Å². The molecule has 0 unspecified atom stereocenters. The highest BCUT2D eigenvalue weighted by atomic mass is 32.1. The van der Waals surface area contributed by atoms with Gasteiger partial charge < -0.3 is 20.1 Å². The Labute approximate surface area is 157 Å². The van der Waals surface area contributed by atoms with Crippen LogP contribution in [0.25, 0.3) is 0 Å². The molecule has 0 aliphatic rings. The third-order valence-corrected chi connectivity index (χ3v) is 4.83. The zero-order valence-electron chi connectivity index (χ0n) is 15.9. The average Bonchev–Trinajstić information content (AvgIpc) is 2.94. The molecule has 6 nitrogen and oxygen atoms in total. The number of carbonyl (C=O) groups is 2. The Bertz CT molecular complexity index is 821. The zero-order valence-corrected chi connectivity index (χ0v) is 16.7. The van der Waals surface area contributed by atoms with Crippen LogP contribution in [0.1, 0.15) is 36.0 Å². The number of hydrogen-bond donors (Lipinski definition) is 2. The maximum atomic E-state index is 12.6. The van der Waals surface area contributed by atoms with Gasteiger partial charge in [0.25, 0.3) is 5.91 Å². The van der Waals surface area contributed by atoms with Crippen molar-refractivity contribution in [1.82, 2.24) is 0 Å². The number of methoxy groups -OCH3 is 2. The number of aryl methyl sites for hydroxylation is 1. The minimum atomic E-state index is -0.500. The molecule has 0 aliphatic heterocycles. The lowest BCUT2D eigenvalue weighted by Crippen LogP contribution is -2.27. The second kappa shape index (κ2) is 7.78. The van der Waals surface area contributed by atoms with Gasteiger partial charge in [0, 0.05) is 17.2 Å². The summed E-state index contributed by atoms with van der Waals surface area (Å²) < 4.78 is 10.4. The number of carbonyl (C=O) groups excluding carboxylic acids is 2. The summed E-state index contributed by atoms with van der Waals surface area (Å²) in [4.78, 5) is 25.3. The van der Waals surface area contributed by atoms with Crippen molar-refractivity contribution in [3.8, 4) is 11.5 Å². The van der Waals surface area contributed by atoms with Gasteiger partial charge in [-0.1, -0.05) is 20.8 Å². The molecular formula is C19H24N2O4S. The van der Waals surface area contributed by atoms with Crippen LogP contribution in [-0.4, -0.2) is 26.0 Å². The van der Waals surface area contributed by atoms with Gasteiger partial charge in [0.15, 0.2) is 11.5 Å². The van der Waals surface area contributed by atoms with Crippen molar-refractivity contribution in [1.29, 1.82) is 0 Å². The van der Waals surface area contributed by atoms with Crippen molar-refractivity contribution in [3.05, 3.63) is 34.7 Å². The number of ether oxygens (including phenoxy) is 2. The third kappa shape index (κ3) is 4.54. The van der Waals surface area contributed by atoms with Crippen molar-refractivity contribution in [2.75, 3.05) is 24.9 Å². The van der Waals surface area contributed by atoms with Gasteiger partial charge in [-0.25, -0.2) is 0 Å². The van der Waals surface area contributed by atoms with E-state index in [0.29, 0.717) is 27.1 Å². The summed E-state index contributed by atoms with van der Waals surface area (Å²) >= 11 is 1.25. The van der Waals surface area contributed by atoms with Crippen LogP contribution in [0, 0.1) is 12.3 Å². The number of rotatable bonds is 5. The summed E-state index contributed by atoms with van der Waals surface area (Å²) in [7, 11) is 3.09. The van der Waals surface area contributed by atoms with Gasteiger partial charge in [-0.05, 0) is 30.7 Å². The molecule has 0 saturated heterocycles. The quantitative estimate of drug-likeness (QED) is 0.815. The van der Waals surface area contributed by atoms with Crippen LogP contribution in [-0.2, 0) is 4.79 Å². The summed E-state index contributed by atoms with van der Waals surface area (Å²) in [6, 6.07) is 6.97. The molecule has 0 bridgehead atoms. The predicted molar refractivity (Wildman–Crippen MR) is 105 cm³/mol. The molecule has 2 N–H and O–H groups in total. The molecule has 1 aromatic carbocycles. The van der Waals surface area contributed by atoms with E-state index in [4.69, 9.17) is 9.47 Å². The van der Waals surface area contributed by atoms with Crippen molar-refractivity contribution in [2.24, 2.45) is 5.41 Å². The Kier molecular flexibility index (Phi) is 5.92. The summed E-state index contributed by atoms with van der Waals surface area (Å²) in [5.41, 5.74) is 0.901. The second-order valence-corrected chi connectivity index (χ2v) is 7.90. The average molecular weight is 376 g/mol. The van der Waals surface area contributed by atoms with Crippen molar-refractivity contribution >= 4 is 33.8 Å². The molecule has 2 aromatic rings. The van der Waals surface area contributed by atoms with Crippen LogP contribution in [0.15, 0.2) is 24.3 Å². The second-order valence-electron chi connectivity index (χ2n) is 6.85. The topological polar surface area (TPSA) is 76.7 Å². The summed E-state index contributed by atoms with van der Waals surface area (Å²) in [5, 5.41) is 6.36. The van der Waals surface area contributed by atoms with Crippen molar-refractivity contribution in [3.63, 3.8) is 0 Å².